The zero-order chi connectivity index (χ0) is 24.3. The second kappa shape index (κ2) is 9.77. The maximum absolute atomic E-state index is 13.3. The molecule has 0 bridgehead atoms. The van der Waals surface area contributed by atoms with Crippen molar-refractivity contribution in [1.29, 1.82) is 0 Å². The molecule has 0 atom stereocenters. The summed E-state index contributed by atoms with van der Waals surface area (Å²) in [5.74, 6) is -0.407. The summed E-state index contributed by atoms with van der Waals surface area (Å²) in [7, 11) is -3.48. The Labute approximate surface area is 202 Å². The van der Waals surface area contributed by atoms with E-state index in [4.69, 9.17) is 11.6 Å². The van der Waals surface area contributed by atoms with E-state index in [0.29, 0.717) is 44.2 Å². The number of pyridine rings is 1. The summed E-state index contributed by atoms with van der Waals surface area (Å²) >= 11 is 6.35. The van der Waals surface area contributed by atoms with E-state index in [9.17, 15) is 18.3 Å². The second-order valence-corrected chi connectivity index (χ2v) is 10.1. The molecule has 4 rings (SSSR count). The highest BCUT2D eigenvalue weighted by atomic mass is 35.5. The summed E-state index contributed by atoms with van der Waals surface area (Å²) < 4.78 is 24.3. The third-order valence-corrected chi connectivity index (χ3v) is 6.72. The van der Waals surface area contributed by atoms with Crippen molar-refractivity contribution < 1.29 is 18.3 Å². The number of anilines is 1. The molecule has 172 valence electrons. The van der Waals surface area contributed by atoms with Crippen LogP contribution in [-0.4, -0.2) is 30.7 Å². The molecule has 34 heavy (non-hydrogen) atoms. The van der Waals surface area contributed by atoms with Gasteiger partial charge in [0.2, 0.25) is 0 Å². The number of hydrogen-bond acceptors (Lipinski definition) is 5. The molecule has 0 spiro atoms. The number of sulfone groups is 1. The molecule has 1 heterocycles. The number of amides is 1. The van der Waals surface area contributed by atoms with Crippen molar-refractivity contribution in [2.45, 2.75) is 11.5 Å². The van der Waals surface area contributed by atoms with Gasteiger partial charge in [0.15, 0.2) is 9.84 Å². The SMILES string of the molecule is CS(=O)(=O)c1ccc(C(=O)Nc2ccc(Cl)c(-c3ccccn3)c2)c(-c2ccc(CO)cc2)c1. The Kier molecular flexibility index (Phi) is 6.79. The molecule has 0 radical (unpaired) electrons. The Balaban J connectivity index is 1.73. The topological polar surface area (TPSA) is 96.4 Å². The van der Waals surface area contributed by atoms with Crippen molar-refractivity contribution in [3.05, 3.63) is 101 Å². The molecule has 0 aliphatic carbocycles. The molecular weight excluding hydrogens is 472 g/mol. The minimum absolute atomic E-state index is 0.106. The largest absolute Gasteiger partial charge is 0.392 e. The second-order valence-electron chi connectivity index (χ2n) is 7.70. The Morgan fingerprint density at radius 3 is 2.38 bits per heavy atom. The van der Waals surface area contributed by atoms with Crippen molar-refractivity contribution in [1.82, 2.24) is 4.98 Å². The number of benzene rings is 3. The summed E-state index contributed by atoms with van der Waals surface area (Å²) in [6.45, 7) is -0.119. The van der Waals surface area contributed by atoms with Crippen molar-refractivity contribution >= 4 is 33.0 Å². The van der Waals surface area contributed by atoms with Gasteiger partial charge in [0.1, 0.15) is 0 Å². The van der Waals surface area contributed by atoms with Crippen molar-refractivity contribution in [3.8, 4) is 22.4 Å². The first kappa shape index (κ1) is 23.6. The van der Waals surface area contributed by atoms with E-state index >= 15 is 0 Å². The van der Waals surface area contributed by atoms with Crippen LogP contribution in [0.5, 0.6) is 0 Å². The van der Waals surface area contributed by atoms with E-state index in [1.54, 1.807) is 54.7 Å². The van der Waals surface area contributed by atoms with E-state index in [1.807, 2.05) is 12.1 Å². The smallest absolute Gasteiger partial charge is 0.256 e. The highest BCUT2D eigenvalue weighted by Gasteiger charge is 2.18. The number of hydrogen-bond donors (Lipinski definition) is 2. The third-order valence-electron chi connectivity index (χ3n) is 5.28. The van der Waals surface area contributed by atoms with Gasteiger partial charge in [-0.25, -0.2) is 8.42 Å². The summed E-state index contributed by atoms with van der Waals surface area (Å²) in [5, 5.41) is 12.7. The van der Waals surface area contributed by atoms with Gasteiger partial charge in [0.05, 0.1) is 22.2 Å². The van der Waals surface area contributed by atoms with E-state index in [-0.39, 0.29) is 11.5 Å². The molecule has 0 saturated carbocycles. The van der Waals surface area contributed by atoms with Crippen LogP contribution in [0.1, 0.15) is 15.9 Å². The number of carbonyl (C=O) groups is 1. The lowest BCUT2D eigenvalue weighted by molar-refractivity contribution is 0.102. The lowest BCUT2D eigenvalue weighted by Gasteiger charge is -2.14. The standard InChI is InChI=1S/C26H21ClN2O4S/c1-34(32,33)20-10-11-21(22(15-20)18-7-5-17(16-30)6-8-18)26(31)29-19-9-12-24(27)23(14-19)25-4-2-3-13-28-25/h2-15,30H,16H2,1H3,(H,29,31). The Morgan fingerprint density at radius 1 is 0.971 bits per heavy atom. The molecule has 0 fully saturated rings. The zero-order valence-electron chi connectivity index (χ0n) is 18.2. The van der Waals surface area contributed by atoms with Gasteiger partial charge in [-0.3, -0.25) is 9.78 Å². The fourth-order valence-corrected chi connectivity index (χ4v) is 4.36. The average Bonchev–Trinajstić information content (AvgIpc) is 2.85. The van der Waals surface area contributed by atoms with E-state index in [1.165, 1.54) is 18.2 Å². The average molecular weight is 493 g/mol. The molecule has 2 N–H and O–H groups in total. The molecule has 8 heteroatoms. The van der Waals surface area contributed by atoms with Crippen LogP contribution in [-0.2, 0) is 16.4 Å². The first-order valence-corrected chi connectivity index (χ1v) is 12.6. The van der Waals surface area contributed by atoms with Crippen LogP contribution >= 0.6 is 11.6 Å². The van der Waals surface area contributed by atoms with Gasteiger partial charge < -0.3 is 10.4 Å². The monoisotopic (exact) mass is 492 g/mol. The number of carbonyl (C=O) groups excluding carboxylic acids is 1. The lowest BCUT2D eigenvalue weighted by Crippen LogP contribution is -2.14. The Hall–Kier alpha value is -3.52. The molecule has 4 aromatic rings. The van der Waals surface area contributed by atoms with Gasteiger partial charge in [-0.2, -0.15) is 0 Å². The molecule has 3 aromatic carbocycles. The summed E-state index contributed by atoms with van der Waals surface area (Å²) in [5.41, 5.74) is 3.99. The predicted octanol–water partition coefficient (Wildman–Crippen LogP) is 5.22. The van der Waals surface area contributed by atoms with Crippen LogP contribution < -0.4 is 5.32 Å². The lowest BCUT2D eigenvalue weighted by atomic mass is 9.98. The van der Waals surface area contributed by atoms with Crippen LogP contribution in [0.15, 0.2) is 90.0 Å². The molecule has 0 aliphatic heterocycles. The molecular formula is C26H21ClN2O4S. The third kappa shape index (κ3) is 5.17. The van der Waals surface area contributed by atoms with E-state index < -0.39 is 15.7 Å². The Bertz CT molecular complexity index is 1450. The van der Waals surface area contributed by atoms with Crippen molar-refractivity contribution in [2.75, 3.05) is 11.6 Å². The Morgan fingerprint density at radius 2 is 1.74 bits per heavy atom. The number of aromatic nitrogens is 1. The summed E-state index contributed by atoms with van der Waals surface area (Å²) in [6.07, 6.45) is 2.78. The van der Waals surface area contributed by atoms with Gasteiger partial charge in [-0.1, -0.05) is 41.9 Å². The summed E-state index contributed by atoms with van der Waals surface area (Å²) in [6, 6.07) is 21.9. The molecule has 1 amide bonds. The first-order chi connectivity index (χ1) is 16.3. The van der Waals surface area contributed by atoms with Crippen LogP contribution in [0.4, 0.5) is 5.69 Å². The highest BCUT2D eigenvalue weighted by Crippen LogP contribution is 2.31. The minimum Gasteiger partial charge on any atom is -0.392 e. The fourth-order valence-electron chi connectivity index (χ4n) is 3.50. The molecule has 0 unspecified atom stereocenters. The maximum atomic E-state index is 13.3. The van der Waals surface area contributed by atoms with Crippen molar-refractivity contribution in [3.63, 3.8) is 0 Å². The maximum Gasteiger partial charge on any atom is 0.256 e. The number of nitrogens with zero attached hydrogens (tertiary/aromatic N) is 1. The quantitative estimate of drug-likeness (QED) is 0.385. The van der Waals surface area contributed by atoms with Gasteiger partial charge in [-0.05, 0) is 65.2 Å². The van der Waals surface area contributed by atoms with Gasteiger partial charge in [0.25, 0.3) is 5.91 Å². The minimum atomic E-state index is -3.48. The molecule has 0 saturated heterocycles. The van der Waals surface area contributed by atoms with Gasteiger partial charge >= 0.3 is 0 Å². The number of nitrogens with one attached hydrogen (secondary N) is 1. The van der Waals surface area contributed by atoms with Gasteiger partial charge in [0, 0.05) is 29.3 Å². The van der Waals surface area contributed by atoms with Crippen LogP contribution in [0, 0.1) is 0 Å². The van der Waals surface area contributed by atoms with E-state index in [2.05, 4.69) is 10.3 Å². The molecule has 1 aromatic heterocycles. The first-order valence-electron chi connectivity index (χ1n) is 10.3. The van der Waals surface area contributed by atoms with Crippen LogP contribution in [0.2, 0.25) is 5.02 Å². The normalized spacial score (nSPS) is 11.3. The van der Waals surface area contributed by atoms with Gasteiger partial charge in [-0.15, -0.1) is 0 Å². The van der Waals surface area contributed by atoms with Crippen molar-refractivity contribution in [2.24, 2.45) is 0 Å². The predicted molar refractivity (Wildman–Crippen MR) is 134 cm³/mol. The number of aliphatic hydroxyl groups excluding tert-OH is 1. The number of rotatable bonds is 6. The molecule has 0 aliphatic rings. The van der Waals surface area contributed by atoms with Crippen LogP contribution in [0.3, 0.4) is 0 Å². The van der Waals surface area contributed by atoms with E-state index in [0.717, 1.165) is 6.26 Å². The fraction of sp³-hybridized carbons (Fsp3) is 0.0769. The number of aliphatic hydroxyl groups is 1. The molecule has 6 nitrogen and oxygen atoms in total. The zero-order valence-corrected chi connectivity index (χ0v) is 19.8. The number of halogens is 1. The van der Waals surface area contributed by atoms with Crippen LogP contribution in [0.25, 0.3) is 22.4 Å². The summed E-state index contributed by atoms with van der Waals surface area (Å²) in [4.78, 5) is 17.7. The highest BCUT2D eigenvalue weighted by molar-refractivity contribution is 7.90.